The van der Waals surface area contributed by atoms with Gasteiger partial charge in [-0.3, -0.25) is 9.69 Å². The van der Waals surface area contributed by atoms with Crippen molar-refractivity contribution in [3.8, 4) is 5.75 Å². The van der Waals surface area contributed by atoms with E-state index in [9.17, 15) is 4.79 Å². The van der Waals surface area contributed by atoms with Crippen LogP contribution in [0.25, 0.3) is 0 Å². The van der Waals surface area contributed by atoms with Gasteiger partial charge in [0.1, 0.15) is 5.75 Å². The van der Waals surface area contributed by atoms with Gasteiger partial charge in [0.05, 0.1) is 25.4 Å². The largest absolute Gasteiger partial charge is 0.491 e. The van der Waals surface area contributed by atoms with Crippen LogP contribution in [0, 0.1) is 0 Å². The molecule has 1 amide bonds. The van der Waals surface area contributed by atoms with Crippen molar-refractivity contribution in [1.82, 2.24) is 10.2 Å². The maximum atomic E-state index is 12.9. The maximum absolute atomic E-state index is 12.9. The fourth-order valence-electron chi connectivity index (χ4n) is 4.61. The summed E-state index contributed by atoms with van der Waals surface area (Å²) in [5, 5.41) is 3.17. The van der Waals surface area contributed by atoms with Crippen molar-refractivity contribution in [2.24, 2.45) is 0 Å². The molecule has 4 rings (SSSR count). The average molecular weight is 438 g/mol. The zero-order valence-corrected chi connectivity index (χ0v) is 19.5. The molecule has 0 bridgehead atoms. The number of rotatable bonds is 7. The first kappa shape index (κ1) is 22.6. The number of amides is 1. The molecule has 2 heterocycles. The van der Waals surface area contributed by atoms with E-state index < -0.39 is 0 Å². The van der Waals surface area contributed by atoms with Gasteiger partial charge in [-0.25, -0.2) is 0 Å². The van der Waals surface area contributed by atoms with Crippen molar-refractivity contribution in [2.45, 2.75) is 38.8 Å². The van der Waals surface area contributed by atoms with Crippen molar-refractivity contribution in [3.05, 3.63) is 59.2 Å². The van der Waals surface area contributed by atoms with E-state index in [0.717, 1.165) is 45.0 Å². The SMILES string of the molecule is CC(C)Oc1ccc(C(=O)NCC(c2ccc3c(c2)CCCN3C)N2CCOCC2)cc1. The number of carbonyl (C=O) groups is 1. The Balaban J connectivity index is 1.48. The first-order valence-electron chi connectivity index (χ1n) is 11.7. The summed E-state index contributed by atoms with van der Waals surface area (Å²) in [6.07, 6.45) is 2.41. The number of anilines is 1. The van der Waals surface area contributed by atoms with Gasteiger partial charge in [-0.2, -0.15) is 0 Å². The quantitative estimate of drug-likeness (QED) is 0.717. The van der Waals surface area contributed by atoms with Gasteiger partial charge in [0.2, 0.25) is 0 Å². The molecule has 172 valence electrons. The normalized spacial score (nSPS) is 17.7. The van der Waals surface area contributed by atoms with Crippen LogP contribution in [0.2, 0.25) is 0 Å². The summed E-state index contributed by atoms with van der Waals surface area (Å²) in [6, 6.07) is 14.3. The molecular formula is C26H35N3O3. The number of carbonyl (C=O) groups excluding carboxylic acids is 1. The minimum Gasteiger partial charge on any atom is -0.491 e. The van der Waals surface area contributed by atoms with E-state index >= 15 is 0 Å². The second kappa shape index (κ2) is 10.4. The molecule has 0 aromatic heterocycles. The Hall–Kier alpha value is -2.57. The molecule has 0 radical (unpaired) electrons. The number of fused-ring (bicyclic) bond motifs is 1. The molecule has 1 atom stereocenters. The van der Waals surface area contributed by atoms with Crippen molar-refractivity contribution in [1.29, 1.82) is 0 Å². The van der Waals surface area contributed by atoms with Crippen LogP contribution < -0.4 is 15.0 Å². The lowest BCUT2D eigenvalue weighted by Crippen LogP contribution is -2.44. The Bertz CT molecular complexity index is 907. The molecular weight excluding hydrogens is 402 g/mol. The smallest absolute Gasteiger partial charge is 0.251 e. The van der Waals surface area contributed by atoms with Gasteiger partial charge in [-0.15, -0.1) is 0 Å². The average Bonchev–Trinajstić information content (AvgIpc) is 2.80. The van der Waals surface area contributed by atoms with Crippen LogP contribution in [-0.4, -0.2) is 63.4 Å². The lowest BCUT2D eigenvalue weighted by molar-refractivity contribution is 0.0162. The predicted molar refractivity (Wildman–Crippen MR) is 128 cm³/mol. The Labute approximate surface area is 191 Å². The molecule has 32 heavy (non-hydrogen) atoms. The number of morpholine rings is 1. The van der Waals surface area contributed by atoms with Gasteiger partial charge in [-0.1, -0.05) is 12.1 Å². The predicted octanol–water partition coefficient (Wildman–Crippen LogP) is 3.66. The van der Waals surface area contributed by atoms with Gasteiger partial charge in [0, 0.05) is 44.5 Å². The van der Waals surface area contributed by atoms with Crippen molar-refractivity contribution in [2.75, 3.05) is 51.3 Å². The van der Waals surface area contributed by atoms with Crippen molar-refractivity contribution < 1.29 is 14.3 Å². The lowest BCUT2D eigenvalue weighted by Gasteiger charge is -2.36. The van der Waals surface area contributed by atoms with E-state index in [1.165, 1.54) is 23.2 Å². The molecule has 1 N–H and O–H groups in total. The maximum Gasteiger partial charge on any atom is 0.251 e. The van der Waals surface area contributed by atoms with Crippen LogP contribution in [0.4, 0.5) is 5.69 Å². The highest BCUT2D eigenvalue weighted by Crippen LogP contribution is 2.31. The standard InChI is InChI=1S/C26H35N3O3/c1-19(2)32-23-9-6-20(7-10-23)26(30)27-18-25(29-13-15-31-16-14-29)22-8-11-24-21(17-22)5-4-12-28(24)3/h6-11,17,19,25H,4-5,12-16,18H2,1-3H3,(H,27,30). The first-order valence-corrected chi connectivity index (χ1v) is 11.7. The van der Waals surface area contributed by atoms with Crippen molar-refractivity contribution >= 4 is 11.6 Å². The highest BCUT2D eigenvalue weighted by molar-refractivity contribution is 5.94. The van der Waals surface area contributed by atoms with Crippen LogP contribution in [-0.2, 0) is 11.2 Å². The summed E-state index contributed by atoms with van der Waals surface area (Å²) in [5.41, 5.74) is 4.64. The molecule has 2 aromatic rings. The molecule has 1 fully saturated rings. The van der Waals surface area contributed by atoms with E-state index in [-0.39, 0.29) is 18.1 Å². The molecule has 0 saturated carbocycles. The fraction of sp³-hybridized carbons (Fsp3) is 0.500. The Morgan fingerprint density at radius 2 is 1.84 bits per heavy atom. The molecule has 2 aliphatic heterocycles. The number of ether oxygens (including phenoxy) is 2. The molecule has 2 aromatic carbocycles. The Morgan fingerprint density at radius 3 is 2.56 bits per heavy atom. The summed E-state index contributed by atoms with van der Waals surface area (Å²) in [7, 11) is 2.16. The highest BCUT2D eigenvalue weighted by Gasteiger charge is 2.25. The summed E-state index contributed by atoms with van der Waals surface area (Å²) >= 11 is 0. The molecule has 0 aliphatic carbocycles. The van der Waals surface area contributed by atoms with Crippen LogP contribution >= 0.6 is 0 Å². The van der Waals surface area contributed by atoms with Gasteiger partial charge in [-0.05, 0) is 68.1 Å². The second-order valence-electron chi connectivity index (χ2n) is 8.98. The fourth-order valence-corrected chi connectivity index (χ4v) is 4.61. The molecule has 1 unspecified atom stereocenters. The zero-order chi connectivity index (χ0) is 22.5. The third-order valence-corrected chi connectivity index (χ3v) is 6.27. The summed E-state index contributed by atoms with van der Waals surface area (Å²) in [6.45, 7) is 8.87. The number of benzene rings is 2. The minimum absolute atomic E-state index is 0.0583. The van der Waals surface area contributed by atoms with Gasteiger partial charge >= 0.3 is 0 Å². The van der Waals surface area contributed by atoms with Gasteiger partial charge in [0.25, 0.3) is 5.91 Å². The minimum atomic E-state index is -0.0583. The van der Waals surface area contributed by atoms with Gasteiger partial charge < -0.3 is 19.7 Å². The monoisotopic (exact) mass is 437 g/mol. The molecule has 1 saturated heterocycles. The number of aryl methyl sites for hydroxylation is 1. The molecule has 6 heteroatoms. The van der Waals surface area contributed by atoms with Crippen LogP contribution in [0.15, 0.2) is 42.5 Å². The second-order valence-corrected chi connectivity index (χ2v) is 8.98. The zero-order valence-electron chi connectivity index (χ0n) is 19.5. The molecule has 0 spiro atoms. The highest BCUT2D eigenvalue weighted by atomic mass is 16.5. The number of nitrogens with zero attached hydrogens (tertiary/aromatic N) is 2. The van der Waals surface area contributed by atoms with E-state index in [1.54, 1.807) is 0 Å². The molecule has 6 nitrogen and oxygen atoms in total. The topological polar surface area (TPSA) is 54.0 Å². The lowest BCUT2D eigenvalue weighted by atomic mass is 9.95. The first-order chi connectivity index (χ1) is 15.5. The van der Waals surface area contributed by atoms with Crippen LogP contribution in [0.1, 0.15) is 47.8 Å². The summed E-state index contributed by atoms with van der Waals surface area (Å²) < 4.78 is 11.3. The van der Waals surface area contributed by atoms with Crippen LogP contribution in [0.5, 0.6) is 5.75 Å². The summed E-state index contributed by atoms with van der Waals surface area (Å²) in [5.74, 6) is 0.721. The third-order valence-electron chi connectivity index (χ3n) is 6.27. The number of nitrogens with one attached hydrogen (secondary N) is 1. The Morgan fingerprint density at radius 1 is 1.09 bits per heavy atom. The van der Waals surface area contributed by atoms with E-state index in [2.05, 4.69) is 40.4 Å². The van der Waals surface area contributed by atoms with E-state index in [1.807, 2.05) is 38.1 Å². The van der Waals surface area contributed by atoms with E-state index in [0.29, 0.717) is 12.1 Å². The molecule has 2 aliphatic rings. The third kappa shape index (κ3) is 5.43. The number of hydrogen-bond acceptors (Lipinski definition) is 5. The summed E-state index contributed by atoms with van der Waals surface area (Å²) in [4.78, 5) is 17.6. The van der Waals surface area contributed by atoms with Crippen LogP contribution in [0.3, 0.4) is 0 Å². The van der Waals surface area contributed by atoms with Gasteiger partial charge in [0.15, 0.2) is 0 Å². The number of hydrogen-bond donors (Lipinski definition) is 1. The Kier molecular flexibility index (Phi) is 7.33. The van der Waals surface area contributed by atoms with Crippen molar-refractivity contribution in [3.63, 3.8) is 0 Å². The van der Waals surface area contributed by atoms with E-state index in [4.69, 9.17) is 9.47 Å².